The molecular formula is C16H19F4NO4S. The molecule has 5 nitrogen and oxygen atoms in total. The number of hydrogen-bond acceptors (Lipinski definition) is 6. The summed E-state index contributed by atoms with van der Waals surface area (Å²) in [5, 5.41) is 1.80. The van der Waals surface area contributed by atoms with E-state index in [1.807, 2.05) is 0 Å². The lowest BCUT2D eigenvalue weighted by Gasteiger charge is -2.28. The standard InChI is InChI=1S/C16H19F4NO4S/c1-23-5-6-24-7-8-25-15(22)13(16(18,19)20)14(17)21-4-2-12-11(10-21)3-9-26-12/h3,9H,2,4-8,10H2,1H3/b14-13+. The average molecular weight is 397 g/mol. The number of fused-ring (bicyclic) bond motifs is 1. The van der Waals surface area contributed by atoms with Crippen LogP contribution in [0.2, 0.25) is 0 Å². The number of methoxy groups -OCH3 is 1. The molecule has 0 aromatic carbocycles. The Morgan fingerprint density at radius 1 is 1.27 bits per heavy atom. The smallest absolute Gasteiger partial charge is 0.427 e. The van der Waals surface area contributed by atoms with E-state index >= 15 is 0 Å². The Hall–Kier alpha value is -1.65. The monoisotopic (exact) mass is 397 g/mol. The zero-order valence-electron chi connectivity index (χ0n) is 14.1. The molecule has 0 saturated heterocycles. The molecule has 1 aromatic rings. The minimum absolute atomic E-state index is 0.0162. The van der Waals surface area contributed by atoms with Crippen LogP contribution in [-0.2, 0) is 32.0 Å². The van der Waals surface area contributed by atoms with Gasteiger partial charge in [-0.05, 0) is 23.4 Å². The summed E-state index contributed by atoms with van der Waals surface area (Å²) in [5.41, 5.74) is -1.16. The number of alkyl halides is 3. The highest BCUT2D eigenvalue weighted by molar-refractivity contribution is 7.10. The molecular weight excluding hydrogens is 378 g/mol. The van der Waals surface area contributed by atoms with E-state index in [-0.39, 0.29) is 26.3 Å². The van der Waals surface area contributed by atoms with Gasteiger partial charge >= 0.3 is 12.1 Å². The van der Waals surface area contributed by atoms with Crippen LogP contribution < -0.4 is 0 Å². The first-order valence-corrected chi connectivity index (χ1v) is 8.73. The van der Waals surface area contributed by atoms with Crippen LogP contribution in [0, 0.1) is 0 Å². The lowest BCUT2D eigenvalue weighted by molar-refractivity contribution is -0.153. The first-order valence-electron chi connectivity index (χ1n) is 7.85. The second kappa shape index (κ2) is 9.33. The van der Waals surface area contributed by atoms with Gasteiger partial charge in [0.15, 0.2) is 5.57 Å². The predicted molar refractivity (Wildman–Crippen MR) is 86.3 cm³/mol. The number of carbonyl (C=O) groups excluding carboxylic acids is 1. The third-order valence-corrected chi connectivity index (χ3v) is 4.69. The van der Waals surface area contributed by atoms with Gasteiger partial charge in [0, 0.05) is 25.1 Å². The third kappa shape index (κ3) is 5.42. The van der Waals surface area contributed by atoms with E-state index in [1.165, 1.54) is 18.4 Å². The third-order valence-electron chi connectivity index (χ3n) is 3.67. The minimum atomic E-state index is -5.16. The van der Waals surface area contributed by atoms with Crippen LogP contribution in [0.3, 0.4) is 0 Å². The van der Waals surface area contributed by atoms with Gasteiger partial charge in [0.05, 0.1) is 19.8 Å². The van der Waals surface area contributed by atoms with Crippen molar-refractivity contribution in [2.24, 2.45) is 0 Å². The SMILES string of the molecule is COCCOCCOC(=O)/C(=C(/F)N1CCc2sccc2C1)C(F)(F)F. The summed E-state index contributed by atoms with van der Waals surface area (Å²) in [6, 6.07) is 1.74. The normalized spacial score (nSPS) is 15.5. The molecule has 1 aliphatic rings. The number of thiophene rings is 1. The summed E-state index contributed by atoms with van der Waals surface area (Å²) >= 11 is 1.48. The molecule has 0 amide bonds. The zero-order chi connectivity index (χ0) is 19.2. The van der Waals surface area contributed by atoms with Crippen LogP contribution in [0.4, 0.5) is 17.6 Å². The number of ether oxygens (including phenoxy) is 3. The summed E-state index contributed by atoms with van der Waals surface area (Å²) in [5.74, 6) is -3.36. The number of carbonyl (C=O) groups is 1. The van der Waals surface area contributed by atoms with E-state index in [4.69, 9.17) is 9.47 Å². The highest BCUT2D eigenvalue weighted by Crippen LogP contribution is 2.34. The Labute approximate surface area is 152 Å². The Morgan fingerprint density at radius 3 is 2.69 bits per heavy atom. The molecule has 2 rings (SSSR count). The molecule has 0 radical (unpaired) electrons. The summed E-state index contributed by atoms with van der Waals surface area (Å²) in [6.45, 7) is 0.0366. The van der Waals surface area contributed by atoms with Crippen molar-refractivity contribution >= 4 is 17.3 Å². The van der Waals surface area contributed by atoms with Crippen LogP contribution in [0.1, 0.15) is 10.4 Å². The van der Waals surface area contributed by atoms with Gasteiger partial charge in [-0.3, -0.25) is 0 Å². The number of nitrogens with zero attached hydrogens (tertiary/aromatic N) is 1. The van der Waals surface area contributed by atoms with Crippen LogP contribution in [0.5, 0.6) is 0 Å². The number of hydrogen-bond donors (Lipinski definition) is 0. The molecule has 0 bridgehead atoms. The molecule has 146 valence electrons. The van der Waals surface area contributed by atoms with Gasteiger partial charge < -0.3 is 19.1 Å². The molecule has 0 N–H and O–H groups in total. The van der Waals surface area contributed by atoms with Gasteiger partial charge in [-0.15, -0.1) is 11.3 Å². The van der Waals surface area contributed by atoms with Crippen LogP contribution >= 0.6 is 11.3 Å². The molecule has 0 aliphatic carbocycles. The Bertz CT molecular complexity index is 644. The fourth-order valence-corrected chi connectivity index (χ4v) is 3.29. The van der Waals surface area contributed by atoms with Gasteiger partial charge in [0.2, 0.25) is 5.95 Å². The predicted octanol–water partition coefficient (Wildman–Crippen LogP) is 3.06. The van der Waals surface area contributed by atoms with Gasteiger partial charge in [-0.25, -0.2) is 4.79 Å². The van der Waals surface area contributed by atoms with E-state index in [0.29, 0.717) is 13.0 Å². The molecule has 0 spiro atoms. The van der Waals surface area contributed by atoms with Gasteiger partial charge in [-0.2, -0.15) is 17.6 Å². The lowest BCUT2D eigenvalue weighted by Crippen LogP contribution is -2.33. The van der Waals surface area contributed by atoms with Crippen molar-refractivity contribution in [3.8, 4) is 0 Å². The molecule has 0 unspecified atom stereocenters. The van der Waals surface area contributed by atoms with Crippen molar-refractivity contribution in [3.05, 3.63) is 33.4 Å². The van der Waals surface area contributed by atoms with Crippen molar-refractivity contribution in [2.75, 3.05) is 40.1 Å². The first-order chi connectivity index (χ1) is 12.3. The Kier molecular flexibility index (Phi) is 7.42. The molecule has 2 heterocycles. The fourth-order valence-electron chi connectivity index (χ4n) is 2.40. The van der Waals surface area contributed by atoms with Crippen molar-refractivity contribution in [1.82, 2.24) is 4.90 Å². The van der Waals surface area contributed by atoms with E-state index < -0.39 is 30.3 Å². The van der Waals surface area contributed by atoms with Gasteiger partial charge in [0.25, 0.3) is 0 Å². The second-order valence-electron chi connectivity index (χ2n) is 5.45. The molecule has 26 heavy (non-hydrogen) atoms. The highest BCUT2D eigenvalue weighted by atomic mass is 32.1. The quantitative estimate of drug-likeness (QED) is 0.222. The average Bonchev–Trinajstić information content (AvgIpc) is 3.04. The highest BCUT2D eigenvalue weighted by Gasteiger charge is 2.45. The molecule has 10 heteroatoms. The number of esters is 1. The van der Waals surface area contributed by atoms with Crippen molar-refractivity contribution in [1.29, 1.82) is 0 Å². The Balaban J connectivity index is 2.03. The van der Waals surface area contributed by atoms with E-state index in [1.54, 1.807) is 11.4 Å². The zero-order valence-corrected chi connectivity index (χ0v) is 14.9. The maximum Gasteiger partial charge on any atom is 0.427 e. The summed E-state index contributed by atoms with van der Waals surface area (Å²) in [4.78, 5) is 13.7. The van der Waals surface area contributed by atoms with Crippen LogP contribution in [0.15, 0.2) is 23.0 Å². The minimum Gasteiger partial charge on any atom is -0.460 e. The van der Waals surface area contributed by atoms with Crippen LogP contribution in [-0.4, -0.2) is 57.1 Å². The largest absolute Gasteiger partial charge is 0.460 e. The molecule has 0 fully saturated rings. The van der Waals surface area contributed by atoms with Gasteiger partial charge in [-0.1, -0.05) is 0 Å². The molecule has 0 saturated carbocycles. The van der Waals surface area contributed by atoms with Crippen LogP contribution in [0.25, 0.3) is 0 Å². The fraction of sp³-hybridized carbons (Fsp3) is 0.562. The number of halogens is 4. The Morgan fingerprint density at radius 2 is 2.00 bits per heavy atom. The van der Waals surface area contributed by atoms with Gasteiger partial charge in [0.1, 0.15) is 6.61 Å². The topological polar surface area (TPSA) is 48.0 Å². The lowest BCUT2D eigenvalue weighted by atomic mass is 10.1. The van der Waals surface area contributed by atoms with Crippen molar-refractivity contribution in [2.45, 2.75) is 19.1 Å². The first kappa shape index (κ1) is 20.7. The molecule has 0 atom stereocenters. The van der Waals surface area contributed by atoms with Crippen molar-refractivity contribution < 1.29 is 36.6 Å². The van der Waals surface area contributed by atoms with E-state index in [2.05, 4.69) is 4.74 Å². The number of rotatable bonds is 8. The van der Waals surface area contributed by atoms with E-state index in [9.17, 15) is 22.4 Å². The second-order valence-corrected chi connectivity index (χ2v) is 6.45. The summed E-state index contributed by atoms with van der Waals surface area (Å²) in [7, 11) is 1.46. The molecule has 1 aliphatic heterocycles. The summed E-state index contributed by atoms with van der Waals surface area (Å²) in [6.07, 6.45) is -4.74. The maximum absolute atomic E-state index is 14.5. The van der Waals surface area contributed by atoms with E-state index in [0.717, 1.165) is 15.3 Å². The molecule has 1 aromatic heterocycles. The van der Waals surface area contributed by atoms with Crippen molar-refractivity contribution in [3.63, 3.8) is 0 Å². The maximum atomic E-state index is 14.5. The summed E-state index contributed by atoms with van der Waals surface area (Å²) < 4.78 is 68.4.